The summed E-state index contributed by atoms with van der Waals surface area (Å²) in [6, 6.07) is 5.26. The molecule has 1 fully saturated rings. The molecule has 5 nitrogen and oxygen atoms in total. The van der Waals surface area contributed by atoms with E-state index in [4.69, 9.17) is 14.2 Å². The Morgan fingerprint density at radius 2 is 2.15 bits per heavy atom. The summed E-state index contributed by atoms with van der Waals surface area (Å²) in [5.74, 6) is 1.27. The molecule has 0 aliphatic carbocycles. The number of morpholine rings is 1. The van der Waals surface area contributed by atoms with Gasteiger partial charge in [-0.15, -0.1) is 0 Å². The van der Waals surface area contributed by atoms with Crippen LogP contribution in [0.4, 0.5) is 0 Å². The molecule has 0 atom stereocenters. The van der Waals surface area contributed by atoms with E-state index < -0.39 is 0 Å². The van der Waals surface area contributed by atoms with Crippen LogP contribution >= 0.6 is 0 Å². The zero-order chi connectivity index (χ0) is 14.2. The van der Waals surface area contributed by atoms with Crippen LogP contribution in [0.5, 0.6) is 11.5 Å². The van der Waals surface area contributed by atoms with Crippen LogP contribution in [-0.2, 0) is 4.74 Å². The molecule has 1 aromatic carbocycles. The average molecular weight is 279 g/mol. The molecule has 1 heterocycles. The zero-order valence-electron chi connectivity index (χ0n) is 11.8. The smallest absolute Gasteiger partial charge is 0.153 e. The normalized spacial score (nSPS) is 15.8. The number of methoxy groups -OCH3 is 1. The molecule has 1 aromatic rings. The lowest BCUT2D eigenvalue weighted by atomic mass is 10.2. The molecule has 5 heteroatoms. The highest BCUT2D eigenvalue weighted by molar-refractivity contribution is 5.80. The summed E-state index contributed by atoms with van der Waals surface area (Å²) in [6.45, 7) is 5.20. The van der Waals surface area contributed by atoms with Gasteiger partial charge in [0.15, 0.2) is 6.29 Å². The Labute approximate surface area is 119 Å². The molecule has 0 spiro atoms. The van der Waals surface area contributed by atoms with Gasteiger partial charge in [0, 0.05) is 19.6 Å². The van der Waals surface area contributed by atoms with Crippen molar-refractivity contribution in [3.63, 3.8) is 0 Å². The lowest BCUT2D eigenvalue weighted by Gasteiger charge is -2.26. The molecule has 0 N–H and O–H groups in total. The van der Waals surface area contributed by atoms with Crippen LogP contribution in [0.15, 0.2) is 18.2 Å². The van der Waals surface area contributed by atoms with Gasteiger partial charge in [-0.3, -0.25) is 9.69 Å². The van der Waals surface area contributed by atoms with Gasteiger partial charge in [-0.05, 0) is 24.6 Å². The van der Waals surface area contributed by atoms with E-state index in [-0.39, 0.29) is 0 Å². The van der Waals surface area contributed by atoms with Crippen LogP contribution < -0.4 is 9.47 Å². The quantitative estimate of drug-likeness (QED) is 0.560. The molecule has 1 aliphatic rings. The van der Waals surface area contributed by atoms with Crippen molar-refractivity contribution in [1.82, 2.24) is 4.90 Å². The molecule has 0 aromatic heterocycles. The van der Waals surface area contributed by atoms with Crippen LogP contribution in [0.1, 0.15) is 16.8 Å². The molecule has 20 heavy (non-hydrogen) atoms. The predicted molar refractivity (Wildman–Crippen MR) is 75.8 cm³/mol. The molecule has 2 rings (SSSR count). The van der Waals surface area contributed by atoms with Gasteiger partial charge in [0.05, 0.1) is 32.5 Å². The van der Waals surface area contributed by atoms with Crippen molar-refractivity contribution in [3.8, 4) is 11.5 Å². The lowest BCUT2D eigenvalue weighted by molar-refractivity contribution is 0.0358. The largest absolute Gasteiger partial charge is 0.497 e. The van der Waals surface area contributed by atoms with Gasteiger partial charge in [-0.1, -0.05) is 0 Å². The molecule has 0 bridgehead atoms. The third kappa shape index (κ3) is 4.21. The maximum absolute atomic E-state index is 11.0. The van der Waals surface area contributed by atoms with Gasteiger partial charge >= 0.3 is 0 Å². The molecule has 1 aliphatic heterocycles. The van der Waals surface area contributed by atoms with Gasteiger partial charge in [0.2, 0.25) is 0 Å². The number of carbonyl (C=O) groups excluding carboxylic acids is 1. The number of aldehydes is 1. The number of ether oxygens (including phenoxy) is 3. The predicted octanol–water partition coefficient (Wildman–Crippen LogP) is 1.61. The van der Waals surface area contributed by atoms with E-state index in [1.54, 1.807) is 25.3 Å². The van der Waals surface area contributed by atoms with E-state index in [2.05, 4.69) is 4.90 Å². The van der Waals surface area contributed by atoms with Crippen LogP contribution in [0.25, 0.3) is 0 Å². The first-order valence-corrected chi connectivity index (χ1v) is 6.89. The summed E-state index contributed by atoms with van der Waals surface area (Å²) in [5.41, 5.74) is 0.524. The Balaban J connectivity index is 1.77. The van der Waals surface area contributed by atoms with Gasteiger partial charge in [0.25, 0.3) is 0 Å². The fraction of sp³-hybridized carbons (Fsp3) is 0.533. The Morgan fingerprint density at radius 3 is 2.85 bits per heavy atom. The third-order valence-corrected chi connectivity index (χ3v) is 3.32. The van der Waals surface area contributed by atoms with Crippen molar-refractivity contribution in [2.75, 3.05) is 46.6 Å². The Kier molecular flexibility index (Phi) is 5.83. The second-order valence-electron chi connectivity index (χ2n) is 4.68. The van der Waals surface area contributed by atoms with E-state index >= 15 is 0 Å². The van der Waals surface area contributed by atoms with Crippen molar-refractivity contribution < 1.29 is 19.0 Å². The number of rotatable bonds is 7. The molecular weight excluding hydrogens is 258 g/mol. The molecule has 0 radical (unpaired) electrons. The Morgan fingerprint density at radius 1 is 1.35 bits per heavy atom. The van der Waals surface area contributed by atoms with Crippen LogP contribution in [0.3, 0.4) is 0 Å². The zero-order valence-corrected chi connectivity index (χ0v) is 11.8. The number of hydrogen-bond donors (Lipinski definition) is 0. The summed E-state index contributed by atoms with van der Waals surface area (Å²) >= 11 is 0. The number of nitrogens with zero attached hydrogens (tertiary/aromatic N) is 1. The van der Waals surface area contributed by atoms with Crippen LogP contribution in [-0.4, -0.2) is 57.8 Å². The monoisotopic (exact) mass is 279 g/mol. The summed E-state index contributed by atoms with van der Waals surface area (Å²) < 4.78 is 16.1. The van der Waals surface area contributed by atoms with Crippen molar-refractivity contribution in [2.24, 2.45) is 0 Å². The molecule has 0 saturated carbocycles. The van der Waals surface area contributed by atoms with Gasteiger partial charge in [-0.25, -0.2) is 0 Å². The summed E-state index contributed by atoms with van der Waals surface area (Å²) in [4.78, 5) is 13.4. The number of carbonyl (C=O) groups is 1. The highest BCUT2D eigenvalue weighted by Crippen LogP contribution is 2.22. The van der Waals surface area contributed by atoms with Crippen LogP contribution in [0.2, 0.25) is 0 Å². The second kappa shape index (κ2) is 7.87. The lowest BCUT2D eigenvalue weighted by Crippen LogP contribution is -2.37. The molecular formula is C15H21NO4. The van der Waals surface area contributed by atoms with Crippen molar-refractivity contribution in [2.45, 2.75) is 6.42 Å². The first-order chi connectivity index (χ1) is 9.83. The number of benzene rings is 1. The maximum atomic E-state index is 11.0. The minimum Gasteiger partial charge on any atom is -0.497 e. The SMILES string of the molecule is COc1ccc(OCCCN2CCOCC2)c(C=O)c1. The highest BCUT2D eigenvalue weighted by Gasteiger charge is 2.10. The van der Waals surface area contributed by atoms with Gasteiger partial charge in [0.1, 0.15) is 11.5 Å². The molecule has 0 unspecified atom stereocenters. The van der Waals surface area contributed by atoms with E-state index in [1.807, 2.05) is 0 Å². The number of hydrogen-bond acceptors (Lipinski definition) is 5. The summed E-state index contributed by atoms with van der Waals surface area (Å²) in [5, 5.41) is 0. The second-order valence-corrected chi connectivity index (χ2v) is 4.68. The first kappa shape index (κ1) is 14.8. The van der Waals surface area contributed by atoms with E-state index in [9.17, 15) is 4.79 Å². The van der Waals surface area contributed by atoms with Gasteiger partial charge < -0.3 is 14.2 Å². The van der Waals surface area contributed by atoms with Crippen molar-refractivity contribution in [1.29, 1.82) is 0 Å². The Hall–Kier alpha value is -1.59. The van der Waals surface area contributed by atoms with E-state index in [0.29, 0.717) is 23.7 Å². The fourth-order valence-corrected chi connectivity index (χ4v) is 2.17. The van der Waals surface area contributed by atoms with Crippen molar-refractivity contribution in [3.05, 3.63) is 23.8 Å². The summed E-state index contributed by atoms with van der Waals surface area (Å²) in [7, 11) is 1.58. The summed E-state index contributed by atoms with van der Waals surface area (Å²) in [6.07, 6.45) is 1.73. The average Bonchev–Trinajstić information content (AvgIpc) is 2.52. The van der Waals surface area contributed by atoms with E-state index in [1.165, 1.54) is 0 Å². The minimum absolute atomic E-state index is 0.524. The highest BCUT2D eigenvalue weighted by atomic mass is 16.5. The maximum Gasteiger partial charge on any atom is 0.153 e. The van der Waals surface area contributed by atoms with E-state index in [0.717, 1.165) is 45.6 Å². The topological polar surface area (TPSA) is 48.0 Å². The third-order valence-electron chi connectivity index (χ3n) is 3.32. The van der Waals surface area contributed by atoms with Crippen molar-refractivity contribution >= 4 is 6.29 Å². The minimum atomic E-state index is 0.524. The Bertz CT molecular complexity index is 430. The molecule has 0 amide bonds. The molecule has 1 saturated heterocycles. The first-order valence-electron chi connectivity index (χ1n) is 6.89. The fourth-order valence-electron chi connectivity index (χ4n) is 2.17. The van der Waals surface area contributed by atoms with Gasteiger partial charge in [-0.2, -0.15) is 0 Å². The molecule has 110 valence electrons. The standard InChI is InChI=1S/C15H21NO4/c1-18-14-3-4-15(13(11-14)12-17)20-8-2-5-16-6-9-19-10-7-16/h3-4,11-12H,2,5-10H2,1H3. The van der Waals surface area contributed by atoms with Crippen LogP contribution in [0, 0.1) is 0 Å².